The first kappa shape index (κ1) is 21.0. The van der Waals surface area contributed by atoms with Gasteiger partial charge >= 0.3 is 0 Å². The van der Waals surface area contributed by atoms with E-state index in [1.807, 2.05) is 51.0 Å². The minimum absolute atomic E-state index is 0.0608. The van der Waals surface area contributed by atoms with E-state index in [-0.39, 0.29) is 18.1 Å². The summed E-state index contributed by atoms with van der Waals surface area (Å²) in [7, 11) is 0.322. The summed E-state index contributed by atoms with van der Waals surface area (Å²) in [5.74, 6) is -0.0608. The zero-order valence-electron chi connectivity index (χ0n) is 17.0. The molecule has 9 heteroatoms. The van der Waals surface area contributed by atoms with Crippen LogP contribution < -0.4 is 4.90 Å². The van der Waals surface area contributed by atoms with Gasteiger partial charge < -0.3 is 14.5 Å². The predicted molar refractivity (Wildman–Crippen MR) is 109 cm³/mol. The van der Waals surface area contributed by atoms with Gasteiger partial charge in [-0.15, -0.1) is 0 Å². The van der Waals surface area contributed by atoms with Gasteiger partial charge in [0, 0.05) is 64.6 Å². The lowest BCUT2D eigenvalue weighted by molar-refractivity contribution is -0.0457. The molecule has 0 aliphatic carbocycles. The third kappa shape index (κ3) is 4.48. The van der Waals surface area contributed by atoms with Crippen molar-refractivity contribution in [3.8, 4) is 0 Å². The van der Waals surface area contributed by atoms with Crippen LogP contribution in [0.3, 0.4) is 0 Å². The molecule has 2 fully saturated rings. The first-order chi connectivity index (χ1) is 13.2. The monoisotopic (exact) mass is 410 g/mol. The zero-order chi connectivity index (χ0) is 20.5. The number of amides is 1. The summed E-state index contributed by atoms with van der Waals surface area (Å²) in [6, 6.07) is 7.48. The fourth-order valence-electron chi connectivity index (χ4n) is 3.70. The topological polar surface area (TPSA) is 73.4 Å². The Labute approximate surface area is 167 Å². The Morgan fingerprint density at radius 1 is 1.04 bits per heavy atom. The van der Waals surface area contributed by atoms with Gasteiger partial charge in [0.2, 0.25) is 0 Å². The molecular formula is C19H30N4O4S. The van der Waals surface area contributed by atoms with Crippen LogP contribution >= 0.6 is 0 Å². The second-order valence-corrected chi connectivity index (χ2v) is 9.65. The Kier molecular flexibility index (Phi) is 6.28. The summed E-state index contributed by atoms with van der Waals surface area (Å²) in [6.45, 7) is 5.89. The number of hydrogen-bond acceptors (Lipinski definition) is 5. The minimum Gasteiger partial charge on any atom is -0.378 e. The molecule has 0 radical (unpaired) electrons. The van der Waals surface area contributed by atoms with Crippen molar-refractivity contribution in [2.24, 2.45) is 0 Å². The van der Waals surface area contributed by atoms with E-state index in [1.165, 1.54) is 8.61 Å². The van der Waals surface area contributed by atoms with Gasteiger partial charge in [0.15, 0.2) is 0 Å². The summed E-state index contributed by atoms with van der Waals surface area (Å²) in [5, 5.41) is 0. The van der Waals surface area contributed by atoms with Crippen LogP contribution in [0.2, 0.25) is 0 Å². The molecule has 2 aliphatic rings. The van der Waals surface area contributed by atoms with Crippen molar-refractivity contribution in [2.45, 2.75) is 26.1 Å². The van der Waals surface area contributed by atoms with E-state index in [4.69, 9.17) is 4.74 Å². The third-order valence-electron chi connectivity index (χ3n) is 5.17. The van der Waals surface area contributed by atoms with Gasteiger partial charge in [-0.05, 0) is 32.0 Å². The molecule has 1 aromatic carbocycles. The van der Waals surface area contributed by atoms with Gasteiger partial charge in [-0.3, -0.25) is 4.79 Å². The molecule has 1 aromatic rings. The van der Waals surface area contributed by atoms with Crippen LogP contribution in [0.5, 0.6) is 0 Å². The lowest BCUT2D eigenvalue weighted by atomic mass is 10.1. The van der Waals surface area contributed by atoms with Crippen molar-refractivity contribution in [3.05, 3.63) is 29.8 Å². The quantitative estimate of drug-likeness (QED) is 0.736. The normalized spacial score (nSPS) is 24.9. The van der Waals surface area contributed by atoms with E-state index in [0.29, 0.717) is 44.8 Å². The number of rotatable bonds is 4. The summed E-state index contributed by atoms with van der Waals surface area (Å²) in [6.07, 6.45) is -0.240. The van der Waals surface area contributed by atoms with Crippen LogP contribution in [0, 0.1) is 0 Å². The molecule has 0 saturated carbocycles. The summed E-state index contributed by atoms with van der Waals surface area (Å²) in [5.41, 5.74) is 1.58. The number of morpholine rings is 1. The van der Waals surface area contributed by atoms with Crippen LogP contribution in [0.4, 0.5) is 5.69 Å². The average Bonchev–Trinajstić information content (AvgIpc) is 2.67. The van der Waals surface area contributed by atoms with Gasteiger partial charge in [0.05, 0.1) is 12.2 Å². The van der Waals surface area contributed by atoms with Crippen LogP contribution in [-0.2, 0) is 14.9 Å². The highest BCUT2D eigenvalue weighted by atomic mass is 32.2. The lowest BCUT2D eigenvalue weighted by Crippen LogP contribution is -2.57. The largest absolute Gasteiger partial charge is 0.378 e. The van der Waals surface area contributed by atoms with Crippen molar-refractivity contribution in [2.75, 3.05) is 58.3 Å². The van der Waals surface area contributed by atoms with Crippen LogP contribution in [0.15, 0.2) is 24.3 Å². The highest BCUT2D eigenvalue weighted by Gasteiger charge is 2.37. The molecule has 156 valence electrons. The summed E-state index contributed by atoms with van der Waals surface area (Å²) < 4.78 is 34.6. The second-order valence-electron chi connectivity index (χ2n) is 7.72. The molecule has 2 heterocycles. The maximum absolute atomic E-state index is 13.0. The molecule has 1 amide bonds. The van der Waals surface area contributed by atoms with Gasteiger partial charge in [-0.25, -0.2) is 0 Å². The number of piperazine rings is 1. The first-order valence-corrected chi connectivity index (χ1v) is 11.1. The summed E-state index contributed by atoms with van der Waals surface area (Å²) >= 11 is 0. The van der Waals surface area contributed by atoms with Gasteiger partial charge in [-0.2, -0.15) is 17.0 Å². The molecule has 0 bridgehead atoms. The number of ether oxygens (including phenoxy) is 1. The van der Waals surface area contributed by atoms with E-state index in [1.54, 1.807) is 11.0 Å². The number of nitrogens with zero attached hydrogens (tertiary/aromatic N) is 4. The van der Waals surface area contributed by atoms with E-state index in [0.717, 1.165) is 5.69 Å². The molecule has 28 heavy (non-hydrogen) atoms. The first-order valence-electron chi connectivity index (χ1n) is 9.66. The highest BCUT2D eigenvalue weighted by molar-refractivity contribution is 7.86. The Balaban J connectivity index is 1.64. The maximum atomic E-state index is 13.0. The van der Waals surface area contributed by atoms with Gasteiger partial charge in [0.1, 0.15) is 0 Å². The fraction of sp³-hybridized carbons (Fsp3) is 0.632. The van der Waals surface area contributed by atoms with E-state index < -0.39 is 10.2 Å². The van der Waals surface area contributed by atoms with E-state index in [9.17, 15) is 13.2 Å². The molecule has 0 unspecified atom stereocenters. The van der Waals surface area contributed by atoms with Crippen molar-refractivity contribution in [1.29, 1.82) is 0 Å². The second kappa shape index (κ2) is 8.36. The average molecular weight is 411 g/mol. The molecule has 2 saturated heterocycles. The smallest absolute Gasteiger partial charge is 0.282 e. The lowest BCUT2D eigenvalue weighted by Gasteiger charge is -2.40. The Hall–Kier alpha value is -1.68. The van der Waals surface area contributed by atoms with Crippen LogP contribution in [0.25, 0.3) is 0 Å². The standard InChI is InChI=1S/C19H30N4O4S/c1-15-13-23(14-16(2)27-15)28(25,26)22-10-8-21(9-11-22)19(24)17-6-5-7-18(12-17)20(3)4/h5-7,12,15-16H,8-11,13-14H2,1-4H3/t15-,16-/m1/s1. The number of anilines is 1. The minimum atomic E-state index is -3.54. The number of carbonyl (C=O) groups excluding carboxylic acids is 1. The molecule has 0 N–H and O–H groups in total. The highest BCUT2D eigenvalue weighted by Crippen LogP contribution is 2.20. The Morgan fingerprint density at radius 3 is 2.21 bits per heavy atom. The van der Waals surface area contributed by atoms with Crippen molar-refractivity contribution in [3.63, 3.8) is 0 Å². The van der Waals surface area contributed by atoms with Crippen molar-refractivity contribution < 1.29 is 17.9 Å². The van der Waals surface area contributed by atoms with E-state index >= 15 is 0 Å². The SMILES string of the molecule is C[C@@H]1CN(S(=O)(=O)N2CCN(C(=O)c3cccc(N(C)C)c3)CC2)C[C@@H](C)O1. The van der Waals surface area contributed by atoms with Crippen molar-refractivity contribution >= 4 is 21.8 Å². The fourth-order valence-corrected chi connectivity index (χ4v) is 5.45. The summed E-state index contributed by atoms with van der Waals surface area (Å²) in [4.78, 5) is 16.5. The number of benzene rings is 1. The van der Waals surface area contributed by atoms with Gasteiger partial charge in [0.25, 0.3) is 16.1 Å². The predicted octanol–water partition coefficient (Wildman–Crippen LogP) is 0.864. The molecule has 2 aliphatic heterocycles. The van der Waals surface area contributed by atoms with E-state index in [2.05, 4.69) is 0 Å². The molecule has 3 rings (SSSR count). The molecule has 2 atom stereocenters. The Bertz CT molecular complexity index is 796. The van der Waals surface area contributed by atoms with Crippen molar-refractivity contribution in [1.82, 2.24) is 13.5 Å². The van der Waals surface area contributed by atoms with Crippen LogP contribution in [0.1, 0.15) is 24.2 Å². The molecular weight excluding hydrogens is 380 g/mol. The third-order valence-corrected chi connectivity index (χ3v) is 7.14. The maximum Gasteiger partial charge on any atom is 0.282 e. The number of carbonyl (C=O) groups is 1. The molecule has 8 nitrogen and oxygen atoms in total. The Morgan fingerprint density at radius 2 is 1.64 bits per heavy atom. The zero-order valence-corrected chi connectivity index (χ0v) is 17.9. The molecule has 0 spiro atoms. The van der Waals surface area contributed by atoms with Gasteiger partial charge in [-0.1, -0.05) is 6.07 Å². The molecule has 0 aromatic heterocycles. The number of hydrogen-bond donors (Lipinski definition) is 0. The van der Waals surface area contributed by atoms with Crippen LogP contribution in [-0.4, -0.2) is 93.4 Å².